The third-order valence-electron chi connectivity index (χ3n) is 1.30. The Kier molecular flexibility index (Phi) is 4.02. The van der Waals surface area contributed by atoms with Gasteiger partial charge in [0.2, 0.25) is 0 Å². The predicted molar refractivity (Wildman–Crippen MR) is 39.3 cm³/mol. The van der Waals surface area contributed by atoms with Crippen molar-refractivity contribution < 1.29 is 4.79 Å². The fraction of sp³-hybridized carbons (Fsp3) is 0.625. The molecule has 0 heterocycles. The van der Waals surface area contributed by atoms with Gasteiger partial charge in [-0.05, 0) is 18.9 Å². The summed E-state index contributed by atoms with van der Waals surface area (Å²) in [5.74, 6) is 0.671. The highest BCUT2D eigenvalue weighted by Gasteiger charge is 1.90. The zero-order valence-electron chi connectivity index (χ0n) is 6.35. The summed E-state index contributed by atoms with van der Waals surface area (Å²) < 4.78 is 0. The van der Waals surface area contributed by atoms with Crippen molar-refractivity contribution in [3.8, 4) is 0 Å². The maximum absolute atomic E-state index is 10.4. The van der Waals surface area contributed by atoms with Crippen molar-refractivity contribution >= 4 is 5.78 Å². The molecule has 0 saturated heterocycles. The van der Waals surface area contributed by atoms with E-state index in [9.17, 15) is 4.79 Å². The van der Waals surface area contributed by atoms with E-state index in [1.807, 2.05) is 6.08 Å². The fourth-order valence-corrected chi connectivity index (χ4v) is 0.436. The van der Waals surface area contributed by atoms with Crippen LogP contribution in [0.15, 0.2) is 12.2 Å². The quantitative estimate of drug-likeness (QED) is 0.530. The predicted octanol–water partition coefficient (Wildman–Crippen LogP) is 2.18. The van der Waals surface area contributed by atoms with Gasteiger partial charge in [0.15, 0.2) is 5.78 Å². The summed E-state index contributed by atoms with van der Waals surface area (Å²) in [6.45, 7) is 5.77. The van der Waals surface area contributed by atoms with Crippen molar-refractivity contribution in [3.05, 3.63) is 12.2 Å². The molecule has 0 bridgehead atoms. The van der Waals surface area contributed by atoms with Crippen molar-refractivity contribution in [2.24, 2.45) is 5.92 Å². The maximum atomic E-state index is 10.4. The molecule has 0 aromatic rings. The second-order valence-electron chi connectivity index (χ2n) is 2.36. The van der Waals surface area contributed by atoms with Crippen molar-refractivity contribution in [1.29, 1.82) is 0 Å². The largest absolute Gasteiger partial charge is 0.295 e. The molecule has 0 spiro atoms. The molecule has 0 rings (SSSR count). The van der Waals surface area contributed by atoms with Crippen molar-refractivity contribution in [1.82, 2.24) is 0 Å². The van der Waals surface area contributed by atoms with Gasteiger partial charge in [-0.1, -0.05) is 26.3 Å². The van der Waals surface area contributed by atoms with E-state index in [-0.39, 0.29) is 5.78 Å². The molecule has 0 aromatic carbocycles. The van der Waals surface area contributed by atoms with Gasteiger partial charge in [0.1, 0.15) is 0 Å². The van der Waals surface area contributed by atoms with Gasteiger partial charge in [-0.3, -0.25) is 4.79 Å². The van der Waals surface area contributed by atoms with Crippen LogP contribution in [0, 0.1) is 5.92 Å². The van der Waals surface area contributed by atoms with E-state index in [2.05, 4.69) is 13.8 Å². The normalized spacial score (nSPS) is 14.1. The second kappa shape index (κ2) is 4.30. The van der Waals surface area contributed by atoms with E-state index >= 15 is 0 Å². The molecule has 0 unspecified atom stereocenters. The van der Waals surface area contributed by atoms with Crippen LogP contribution in [0.4, 0.5) is 0 Å². The van der Waals surface area contributed by atoms with Crippen LogP contribution in [0.25, 0.3) is 0 Å². The maximum Gasteiger partial charge on any atom is 0.152 e. The molecule has 9 heavy (non-hydrogen) atoms. The Morgan fingerprint density at radius 3 is 2.56 bits per heavy atom. The average Bonchev–Trinajstić information content (AvgIpc) is 1.83. The third kappa shape index (κ3) is 5.28. The number of hydrogen-bond acceptors (Lipinski definition) is 1. The zero-order valence-corrected chi connectivity index (χ0v) is 6.35. The number of ketones is 1. The summed E-state index contributed by atoms with van der Waals surface area (Å²) in [4.78, 5) is 10.4. The lowest BCUT2D eigenvalue weighted by Crippen LogP contribution is -1.87. The van der Waals surface area contributed by atoms with Crippen LogP contribution in [0.2, 0.25) is 0 Å². The molecule has 0 saturated carbocycles. The lowest BCUT2D eigenvalue weighted by atomic mass is 10.1. The molecule has 1 nitrogen and oxygen atoms in total. The van der Waals surface area contributed by atoms with E-state index in [0.29, 0.717) is 5.92 Å². The molecule has 0 radical (unpaired) electrons. The van der Waals surface area contributed by atoms with Gasteiger partial charge in [-0.2, -0.15) is 0 Å². The topological polar surface area (TPSA) is 17.1 Å². The smallest absolute Gasteiger partial charge is 0.152 e. The first-order chi connectivity index (χ1) is 4.16. The standard InChI is InChI=1S/C8H14O/c1-4-7(2)5-6-8(3)9/h5-7H,4H2,1-3H3/b6-5+/t7-/m1/s1. The summed E-state index contributed by atoms with van der Waals surface area (Å²) in [6, 6.07) is 0. The number of carbonyl (C=O) groups is 1. The van der Waals surface area contributed by atoms with E-state index in [0.717, 1.165) is 6.42 Å². The molecule has 1 atom stereocenters. The minimum atomic E-state index is 0.135. The minimum absolute atomic E-state index is 0.135. The molecule has 0 aliphatic rings. The van der Waals surface area contributed by atoms with Crippen molar-refractivity contribution in [3.63, 3.8) is 0 Å². The number of hydrogen-bond donors (Lipinski definition) is 0. The Morgan fingerprint density at radius 2 is 2.22 bits per heavy atom. The molecule has 1 heteroatoms. The first kappa shape index (κ1) is 8.41. The molecule has 0 amide bonds. The highest BCUT2D eigenvalue weighted by atomic mass is 16.1. The van der Waals surface area contributed by atoms with Gasteiger partial charge >= 0.3 is 0 Å². The number of rotatable bonds is 3. The Labute approximate surface area is 56.8 Å². The molecule has 52 valence electrons. The Balaban J connectivity index is 3.56. The molecule has 0 aromatic heterocycles. The monoisotopic (exact) mass is 126 g/mol. The summed E-state index contributed by atoms with van der Waals surface area (Å²) >= 11 is 0. The number of carbonyl (C=O) groups excluding carboxylic acids is 1. The van der Waals surface area contributed by atoms with E-state index in [4.69, 9.17) is 0 Å². The molecule has 0 fully saturated rings. The van der Waals surface area contributed by atoms with Crippen LogP contribution in [0.3, 0.4) is 0 Å². The number of allylic oxidation sites excluding steroid dienone is 2. The Hall–Kier alpha value is -0.590. The van der Waals surface area contributed by atoms with Crippen LogP contribution >= 0.6 is 0 Å². The Bertz CT molecular complexity index is 114. The Morgan fingerprint density at radius 1 is 1.67 bits per heavy atom. The molecule has 0 aliphatic carbocycles. The van der Waals surface area contributed by atoms with Gasteiger partial charge in [0.25, 0.3) is 0 Å². The van der Waals surface area contributed by atoms with E-state index < -0.39 is 0 Å². The fourth-order valence-electron chi connectivity index (χ4n) is 0.436. The van der Waals surface area contributed by atoms with Crippen LogP contribution in [-0.2, 0) is 4.79 Å². The van der Waals surface area contributed by atoms with Gasteiger partial charge in [-0.25, -0.2) is 0 Å². The van der Waals surface area contributed by atoms with E-state index in [1.54, 1.807) is 13.0 Å². The van der Waals surface area contributed by atoms with Gasteiger partial charge in [0, 0.05) is 0 Å². The van der Waals surface area contributed by atoms with Crippen LogP contribution in [0.1, 0.15) is 27.2 Å². The van der Waals surface area contributed by atoms with Gasteiger partial charge < -0.3 is 0 Å². The highest BCUT2D eigenvalue weighted by molar-refractivity contribution is 5.87. The van der Waals surface area contributed by atoms with E-state index in [1.165, 1.54) is 0 Å². The summed E-state index contributed by atoms with van der Waals surface area (Å²) in [5.41, 5.74) is 0. The second-order valence-corrected chi connectivity index (χ2v) is 2.36. The molecular formula is C8H14O. The SMILES string of the molecule is CC[C@@H](C)/C=C/C(C)=O. The van der Waals surface area contributed by atoms with Gasteiger partial charge in [0.05, 0.1) is 0 Å². The lowest BCUT2D eigenvalue weighted by molar-refractivity contribution is -0.112. The van der Waals surface area contributed by atoms with Crippen LogP contribution < -0.4 is 0 Å². The average molecular weight is 126 g/mol. The lowest BCUT2D eigenvalue weighted by Gasteiger charge is -1.96. The van der Waals surface area contributed by atoms with Crippen molar-refractivity contribution in [2.45, 2.75) is 27.2 Å². The van der Waals surface area contributed by atoms with Crippen molar-refractivity contribution in [2.75, 3.05) is 0 Å². The van der Waals surface area contributed by atoms with Gasteiger partial charge in [-0.15, -0.1) is 0 Å². The summed E-state index contributed by atoms with van der Waals surface area (Å²) in [6.07, 6.45) is 4.68. The summed E-state index contributed by atoms with van der Waals surface area (Å²) in [7, 11) is 0. The first-order valence-corrected chi connectivity index (χ1v) is 3.35. The molecule has 0 N–H and O–H groups in total. The highest BCUT2D eigenvalue weighted by Crippen LogP contribution is 2.00. The van der Waals surface area contributed by atoms with Crippen LogP contribution in [-0.4, -0.2) is 5.78 Å². The first-order valence-electron chi connectivity index (χ1n) is 3.35. The summed E-state index contributed by atoms with van der Waals surface area (Å²) in [5, 5.41) is 0. The van der Waals surface area contributed by atoms with Crippen LogP contribution in [0.5, 0.6) is 0 Å². The zero-order chi connectivity index (χ0) is 7.28. The molecular weight excluding hydrogens is 112 g/mol. The molecule has 0 aliphatic heterocycles. The minimum Gasteiger partial charge on any atom is -0.295 e. The third-order valence-corrected chi connectivity index (χ3v) is 1.30.